The summed E-state index contributed by atoms with van der Waals surface area (Å²) in [4.78, 5) is 24.0. The van der Waals surface area contributed by atoms with Crippen molar-refractivity contribution in [3.8, 4) is 0 Å². The molecule has 1 aliphatic rings. The molecule has 1 N–H and O–H groups in total. The molecule has 0 spiro atoms. The second kappa shape index (κ2) is 3.87. The number of piperidine rings is 1. The van der Waals surface area contributed by atoms with E-state index in [0.29, 0.717) is 12.8 Å². The minimum absolute atomic E-state index is 0.141. The minimum atomic E-state index is -0.382. The molecule has 0 unspecified atom stereocenters. The molecular formula is C9H15NO3. The highest BCUT2D eigenvalue weighted by Gasteiger charge is 2.32. The van der Waals surface area contributed by atoms with Gasteiger partial charge in [0.25, 0.3) is 0 Å². The van der Waals surface area contributed by atoms with Crippen molar-refractivity contribution in [1.29, 1.82) is 0 Å². The van der Waals surface area contributed by atoms with E-state index >= 15 is 0 Å². The lowest BCUT2D eigenvalue weighted by Gasteiger charge is -2.32. The molecule has 4 nitrogen and oxygen atoms in total. The van der Waals surface area contributed by atoms with E-state index < -0.39 is 0 Å². The van der Waals surface area contributed by atoms with Crippen LogP contribution in [0, 0.1) is 5.92 Å². The third kappa shape index (κ3) is 2.06. The first-order valence-corrected chi connectivity index (χ1v) is 4.52. The first-order chi connectivity index (χ1) is 6.06. The number of hydrogen-bond acceptors (Lipinski definition) is 3. The third-order valence-electron chi connectivity index (χ3n) is 2.29. The van der Waals surface area contributed by atoms with Gasteiger partial charge in [0.05, 0.1) is 12.6 Å². The number of rotatable bonds is 2. The van der Waals surface area contributed by atoms with Crippen molar-refractivity contribution < 1.29 is 14.7 Å². The summed E-state index contributed by atoms with van der Waals surface area (Å²) < 4.78 is 0. The van der Waals surface area contributed by atoms with Crippen LogP contribution in [-0.2, 0) is 9.59 Å². The number of aliphatic hydroxyl groups excluding tert-OH is 1. The Balaban J connectivity index is 2.73. The molecule has 4 heteroatoms. The van der Waals surface area contributed by atoms with Crippen molar-refractivity contribution in [1.82, 2.24) is 4.90 Å². The van der Waals surface area contributed by atoms with E-state index in [4.69, 9.17) is 5.11 Å². The van der Waals surface area contributed by atoms with Crippen molar-refractivity contribution in [2.45, 2.75) is 32.7 Å². The highest BCUT2D eigenvalue weighted by Crippen LogP contribution is 2.20. The van der Waals surface area contributed by atoms with Crippen LogP contribution in [0.5, 0.6) is 0 Å². The maximum Gasteiger partial charge on any atom is 0.229 e. The monoisotopic (exact) mass is 185 g/mol. The summed E-state index contributed by atoms with van der Waals surface area (Å²) in [6, 6.07) is -0.382. The van der Waals surface area contributed by atoms with Crippen LogP contribution in [0.1, 0.15) is 26.7 Å². The second-order valence-electron chi connectivity index (χ2n) is 3.70. The molecule has 1 heterocycles. The summed E-state index contributed by atoms with van der Waals surface area (Å²) in [5.74, 6) is -0.183. The zero-order chi connectivity index (χ0) is 10.0. The van der Waals surface area contributed by atoms with Gasteiger partial charge < -0.3 is 5.11 Å². The summed E-state index contributed by atoms with van der Waals surface area (Å²) in [7, 11) is 0. The Hall–Kier alpha value is -0.900. The largest absolute Gasteiger partial charge is 0.394 e. The smallest absolute Gasteiger partial charge is 0.229 e. The van der Waals surface area contributed by atoms with Crippen molar-refractivity contribution in [3.05, 3.63) is 0 Å². The molecule has 0 saturated carbocycles. The topological polar surface area (TPSA) is 57.6 Å². The number of amides is 2. The molecule has 0 bridgehead atoms. The van der Waals surface area contributed by atoms with Crippen LogP contribution >= 0.6 is 0 Å². The molecule has 1 rings (SSSR count). The van der Waals surface area contributed by atoms with Gasteiger partial charge in [0, 0.05) is 12.8 Å². The highest BCUT2D eigenvalue weighted by atomic mass is 16.3. The predicted octanol–water partition coefficient (Wildman–Crippen LogP) is 0.152. The Morgan fingerprint density at radius 2 is 1.92 bits per heavy atom. The van der Waals surface area contributed by atoms with E-state index in [1.54, 1.807) is 6.92 Å². The molecule has 0 aromatic rings. The number of aliphatic hydroxyl groups is 1. The average molecular weight is 185 g/mol. The molecule has 1 fully saturated rings. The fourth-order valence-electron chi connectivity index (χ4n) is 1.58. The van der Waals surface area contributed by atoms with Crippen molar-refractivity contribution in [3.63, 3.8) is 0 Å². The van der Waals surface area contributed by atoms with Gasteiger partial charge in [-0.15, -0.1) is 0 Å². The van der Waals surface area contributed by atoms with Gasteiger partial charge in [-0.25, -0.2) is 0 Å². The van der Waals surface area contributed by atoms with Crippen LogP contribution in [0.2, 0.25) is 0 Å². The van der Waals surface area contributed by atoms with Crippen molar-refractivity contribution in [2.75, 3.05) is 6.61 Å². The Bertz CT molecular complexity index is 209. The standard InChI is InChI=1S/C9H15NO3/c1-6-3-8(12)10(7(2)5-11)9(13)4-6/h6-7,11H,3-5H2,1-2H3/t7-/m0/s1. The Morgan fingerprint density at radius 1 is 1.46 bits per heavy atom. The van der Waals surface area contributed by atoms with Gasteiger partial charge in [0.15, 0.2) is 0 Å². The Kier molecular flexibility index (Phi) is 3.03. The van der Waals surface area contributed by atoms with Gasteiger partial charge in [-0.3, -0.25) is 14.5 Å². The molecule has 74 valence electrons. The van der Waals surface area contributed by atoms with Gasteiger partial charge in [-0.1, -0.05) is 6.92 Å². The van der Waals surface area contributed by atoms with Crippen LogP contribution in [0.3, 0.4) is 0 Å². The Morgan fingerprint density at radius 3 is 2.31 bits per heavy atom. The summed E-state index contributed by atoms with van der Waals surface area (Å²) in [5, 5.41) is 8.84. The van der Waals surface area contributed by atoms with Gasteiger partial charge in [-0.2, -0.15) is 0 Å². The third-order valence-corrected chi connectivity index (χ3v) is 2.29. The highest BCUT2D eigenvalue weighted by molar-refractivity contribution is 5.98. The van der Waals surface area contributed by atoms with E-state index in [1.807, 2.05) is 6.92 Å². The van der Waals surface area contributed by atoms with Crippen LogP contribution < -0.4 is 0 Å². The number of carbonyl (C=O) groups is 2. The van der Waals surface area contributed by atoms with E-state index in [2.05, 4.69) is 0 Å². The van der Waals surface area contributed by atoms with Gasteiger partial charge in [0.1, 0.15) is 0 Å². The zero-order valence-electron chi connectivity index (χ0n) is 7.99. The van der Waals surface area contributed by atoms with Gasteiger partial charge in [0.2, 0.25) is 11.8 Å². The zero-order valence-corrected chi connectivity index (χ0v) is 7.99. The molecule has 13 heavy (non-hydrogen) atoms. The molecule has 1 atom stereocenters. The summed E-state index contributed by atoms with van der Waals surface area (Å²) in [5.41, 5.74) is 0. The number of likely N-dealkylation sites (tertiary alicyclic amines) is 1. The molecule has 2 amide bonds. The first-order valence-electron chi connectivity index (χ1n) is 4.52. The summed E-state index contributed by atoms with van der Waals surface area (Å²) in [6.07, 6.45) is 0.826. The minimum Gasteiger partial charge on any atom is -0.394 e. The van der Waals surface area contributed by atoms with Gasteiger partial charge >= 0.3 is 0 Å². The number of hydrogen-bond donors (Lipinski definition) is 1. The number of nitrogens with zero attached hydrogens (tertiary/aromatic N) is 1. The Labute approximate surface area is 77.5 Å². The normalized spacial score (nSPS) is 22.2. The molecule has 1 saturated heterocycles. The first kappa shape index (κ1) is 10.2. The lowest BCUT2D eigenvalue weighted by Crippen LogP contribution is -2.49. The molecule has 0 aromatic carbocycles. The van der Waals surface area contributed by atoms with E-state index in [1.165, 1.54) is 4.90 Å². The molecular weight excluding hydrogens is 170 g/mol. The van der Waals surface area contributed by atoms with E-state index in [9.17, 15) is 9.59 Å². The maximum absolute atomic E-state index is 11.4. The van der Waals surface area contributed by atoms with Crippen LogP contribution in [0.15, 0.2) is 0 Å². The number of carbonyl (C=O) groups excluding carboxylic acids is 2. The van der Waals surface area contributed by atoms with Gasteiger partial charge in [-0.05, 0) is 12.8 Å². The predicted molar refractivity (Wildman–Crippen MR) is 46.8 cm³/mol. The number of imide groups is 1. The summed E-state index contributed by atoms with van der Waals surface area (Å²) in [6.45, 7) is 3.40. The van der Waals surface area contributed by atoms with E-state index in [0.717, 1.165) is 0 Å². The molecule has 0 aliphatic carbocycles. The fourth-order valence-corrected chi connectivity index (χ4v) is 1.58. The molecule has 0 aromatic heterocycles. The quantitative estimate of drug-likeness (QED) is 0.623. The van der Waals surface area contributed by atoms with Crippen molar-refractivity contribution in [2.24, 2.45) is 5.92 Å². The molecule has 0 radical (unpaired) electrons. The van der Waals surface area contributed by atoms with Crippen molar-refractivity contribution >= 4 is 11.8 Å². The summed E-state index contributed by atoms with van der Waals surface area (Å²) >= 11 is 0. The van der Waals surface area contributed by atoms with E-state index in [-0.39, 0.29) is 30.4 Å². The molecule has 1 aliphatic heterocycles. The van der Waals surface area contributed by atoms with Crippen LogP contribution in [0.4, 0.5) is 0 Å². The SMILES string of the molecule is CC1CC(=O)N([C@@H](C)CO)C(=O)C1. The van der Waals surface area contributed by atoms with Crippen LogP contribution in [-0.4, -0.2) is 34.5 Å². The van der Waals surface area contributed by atoms with Crippen LogP contribution in [0.25, 0.3) is 0 Å². The second-order valence-corrected chi connectivity index (χ2v) is 3.70. The lowest BCUT2D eigenvalue weighted by molar-refractivity contribution is -0.153. The fraction of sp³-hybridized carbons (Fsp3) is 0.778. The lowest BCUT2D eigenvalue weighted by atomic mass is 9.97. The maximum atomic E-state index is 11.4. The average Bonchev–Trinajstić information content (AvgIpc) is 2.02.